The van der Waals surface area contributed by atoms with Crippen LogP contribution in [0.25, 0.3) is 11.0 Å². The van der Waals surface area contributed by atoms with Gasteiger partial charge in [0.2, 0.25) is 0 Å². The summed E-state index contributed by atoms with van der Waals surface area (Å²) < 4.78 is 5.23. The van der Waals surface area contributed by atoms with Crippen LogP contribution in [-0.4, -0.2) is 17.1 Å². The van der Waals surface area contributed by atoms with Crippen molar-refractivity contribution in [2.24, 2.45) is 5.92 Å². The predicted molar refractivity (Wildman–Crippen MR) is 100 cm³/mol. The van der Waals surface area contributed by atoms with E-state index in [0.717, 1.165) is 47.7 Å². The molecule has 2 aliphatic carbocycles. The summed E-state index contributed by atoms with van der Waals surface area (Å²) in [7, 11) is 1.63. The third-order valence-corrected chi connectivity index (χ3v) is 6.25. The first-order valence-electron chi connectivity index (χ1n) is 9.79. The van der Waals surface area contributed by atoms with E-state index < -0.39 is 0 Å². The van der Waals surface area contributed by atoms with E-state index in [1.165, 1.54) is 44.9 Å². The van der Waals surface area contributed by atoms with Gasteiger partial charge in [0.15, 0.2) is 0 Å². The van der Waals surface area contributed by atoms with Gasteiger partial charge in [-0.1, -0.05) is 44.9 Å². The summed E-state index contributed by atoms with van der Waals surface area (Å²) in [6.45, 7) is 0. The minimum atomic E-state index is -0.0194. The number of benzene rings is 1. The molecular formula is C21H28N2O2. The minimum Gasteiger partial charge on any atom is -0.497 e. The molecule has 134 valence electrons. The van der Waals surface area contributed by atoms with Gasteiger partial charge >= 0.3 is 0 Å². The van der Waals surface area contributed by atoms with Crippen molar-refractivity contribution in [3.8, 4) is 5.75 Å². The van der Waals surface area contributed by atoms with Crippen LogP contribution in [0.3, 0.4) is 0 Å². The Hall–Kier alpha value is -1.84. The predicted octanol–water partition coefficient (Wildman–Crippen LogP) is 4.71. The number of unbranched alkanes of at least 4 members (excludes halogenated alkanes) is 1. The van der Waals surface area contributed by atoms with Crippen LogP contribution in [0.15, 0.2) is 23.0 Å². The highest BCUT2D eigenvalue weighted by atomic mass is 16.5. The third kappa shape index (κ3) is 3.44. The molecule has 2 fully saturated rings. The summed E-state index contributed by atoms with van der Waals surface area (Å²) in [5, 5.41) is 0. The summed E-state index contributed by atoms with van der Waals surface area (Å²) in [5.41, 5.74) is 2.38. The molecule has 1 aromatic heterocycles. The Morgan fingerprint density at radius 1 is 1.24 bits per heavy atom. The molecule has 4 rings (SSSR count). The van der Waals surface area contributed by atoms with E-state index in [-0.39, 0.29) is 11.0 Å². The van der Waals surface area contributed by atoms with Gasteiger partial charge in [0.25, 0.3) is 5.56 Å². The number of aromatic nitrogens is 2. The van der Waals surface area contributed by atoms with Crippen LogP contribution in [0, 0.1) is 5.92 Å². The van der Waals surface area contributed by atoms with Crippen LogP contribution in [0.1, 0.15) is 69.9 Å². The molecule has 0 spiro atoms. The van der Waals surface area contributed by atoms with Crippen molar-refractivity contribution in [1.29, 1.82) is 0 Å². The quantitative estimate of drug-likeness (QED) is 0.742. The van der Waals surface area contributed by atoms with Gasteiger partial charge in [0.05, 0.1) is 18.1 Å². The third-order valence-electron chi connectivity index (χ3n) is 6.25. The number of hydrogen-bond donors (Lipinski definition) is 1. The molecule has 1 N–H and O–H groups in total. The molecule has 0 saturated heterocycles. The number of nitrogens with one attached hydrogen (secondary N) is 1. The lowest BCUT2D eigenvalue weighted by molar-refractivity contribution is 0.415. The van der Waals surface area contributed by atoms with E-state index in [1.807, 2.05) is 18.2 Å². The molecule has 1 heterocycles. The first-order chi connectivity index (χ1) is 12.2. The summed E-state index contributed by atoms with van der Waals surface area (Å²) in [6, 6.07) is 5.68. The van der Waals surface area contributed by atoms with Crippen molar-refractivity contribution in [3.05, 3.63) is 34.2 Å². The smallest absolute Gasteiger partial charge is 0.270 e. The maximum atomic E-state index is 12.6. The highest BCUT2D eigenvalue weighted by molar-refractivity contribution is 5.76. The standard InChI is InChI=1S/C21H28N2O2/c1-25-16-9-10-17-18(14-16)23-20(24)19(22-17)21(12-13-21)11-5-4-8-15-6-2-3-7-15/h9-10,14-15H,2-8,11-13H2,1H3,(H,23,24). The molecule has 0 aliphatic heterocycles. The van der Waals surface area contributed by atoms with Crippen molar-refractivity contribution < 1.29 is 4.74 Å². The highest BCUT2D eigenvalue weighted by Gasteiger charge is 2.46. The van der Waals surface area contributed by atoms with Gasteiger partial charge < -0.3 is 9.72 Å². The van der Waals surface area contributed by atoms with Crippen LogP contribution in [0.4, 0.5) is 0 Å². The lowest BCUT2D eigenvalue weighted by atomic mass is 9.92. The van der Waals surface area contributed by atoms with Gasteiger partial charge in [0.1, 0.15) is 11.4 Å². The van der Waals surface area contributed by atoms with E-state index in [0.29, 0.717) is 0 Å². The summed E-state index contributed by atoms with van der Waals surface area (Å²) in [6.07, 6.45) is 12.9. The Morgan fingerprint density at radius 2 is 2.04 bits per heavy atom. The molecule has 4 heteroatoms. The van der Waals surface area contributed by atoms with E-state index >= 15 is 0 Å². The molecule has 4 nitrogen and oxygen atoms in total. The monoisotopic (exact) mass is 340 g/mol. The number of rotatable bonds is 7. The van der Waals surface area contributed by atoms with Gasteiger partial charge in [-0.2, -0.15) is 0 Å². The largest absolute Gasteiger partial charge is 0.497 e. The number of fused-ring (bicyclic) bond motifs is 1. The first-order valence-corrected chi connectivity index (χ1v) is 9.79. The minimum absolute atomic E-state index is 0.0194. The number of methoxy groups -OCH3 is 1. The van der Waals surface area contributed by atoms with Crippen molar-refractivity contribution in [3.63, 3.8) is 0 Å². The van der Waals surface area contributed by atoms with Gasteiger partial charge in [-0.05, 0) is 37.3 Å². The summed E-state index contributed by atoms with van der Waals surface area (Å²) >= 11 is 0. The Morgan fingerprint density at radius 3 is 2.76 bits per heavy atom. The fraction of sp³-hybridized carbons (Fsp3) is 0.619. The molecule has 1 aromatic carbocycles. The van der Waals surface area contributed by atoms with Gasteiger partial charge in [0, 0.05) is 11.5 Å². The van der Waals surface area contributed by atoms with Crippen molar-refractivity contribution in [2.45, 2.75) is 69.6 Å². The zero-order chi connectivity index (χ0) is 17.3. The van der Waals surface area contributed by atoms with Crippen molar-refractivity contribution >= 4 is 11.0 Å². The van der Waals surface area contributed by atoms with Crippen LogP contribution in [0.5, 0.6) is 5.75 Å². The molecule has 0 radical (unpaired) electrons. The Balaban J connectivity index is 1.46. The lowest BCUT2D eigenvalue weighted by Crippen LogP contribution is -2.23. The van der Waals surface area contributed by atoms with Crippen molar-refractivity contribution in [2.75, 3.05) is 7.11 Å². The maximum Gasteiger partial charge on any atom is 0.270 e. The average Bonchev–Trinajstić information content (AvgIpc) is 3.22. The molecule has 2 saturated carbocycles. The zero-order valence-electron chi connectivity index (χ0n) is 15.1. The Bertz CT molecular complexity index is 801. The fourth-order valence-corrected chi connectivity index (χ4v) is 4.50. The van der Waals surface area contributed by atoms with Crippen LogP contribution >= 0.6 is 0 Å². The van der Waals surface area contributed by atoms with Gasteiger partial charge in [-0.15, -0.1) is 0 Å². The number of aromatic amines is 1. The number of ether oxygens (including phenoxy) is 1. The molecule has 2 aliphatic rings. The molecule has 0 unspecified atom stereocenters. The summed E-state index contributed by atoms with van der Waals surface area (Å²) in [4.78, 5) is 20.4. The first kappa shape index (κ1) is 16.6. The topological polar surface area (TPSA) is 55.0 Å². The van der Waals surface area contributed by atoms with E-state index in [4.69, 9.17) is 9.72 Å². The number of H-pyrrole nitrogens is 1. The summed E-state index contributed by atoms with van der Waals surface area (Å²) in [5.74, 6) is 1.71. The van der Waals surface area contributed by atoms with E-state index in [9.17, 15) is 4.79 Å². The normalized spacial score (nSPS) is 19.4. The van der Waals surface area contributed by atoms with Crippen LogP contribution < -0.4 is 10.3 Å². The second-order valence-corrected chi connectivity index (χ2v) is 7.97. The van der Waals surface area contributed by atoms with Gasteiger partial charge in [-0.3, -0.25) is 4.79 Å². The zero-order valence-corrected chi connectivity index (χ0v) is 15.1. The fourth-order valence-electron chi connectivity index (χ4n) is 4.50. The van der Waals surface area contributed by atoms with Crippen LogP contribution in [0.2, 0.25) is 0 Å². The second kappa shape index (κ2) is 6.81. The second-order valence-electron chi connectivity index (χ2n) is 7.97. The van der Waals surface area contributed by atoms with E-state index in [1.54, 1.807) is 7.11 Å². The molecule has 2 aromatic rings. The van der Waals surface area contributed by atoms with Gasteiger partial charge in [-0.25, -0.2) is 4.98 Å². The van der Waals surface area contributed by atoms with E-state index in [2.05, 4.69) is 4.98 Å². The highest BCUT2D eigenvalue weighted by Crippen LogP contribution is 2.50. The SMILES string of the molecule is COc1ccc2nc(C3(CCCCC4CCCC4)CC3)c(=O)[nH]c2c1. The lowest BCUT2D eigenvalue weighted by Gasteiger charge is -2.15. The number of hydrogen-bond acceptors (Lipinski definition) is 3. The molecule has 25 heavy (non-hydrogen) atoms. The molecule has 0 amide bonds. The molecule has 0 bridgehead atoms. The van der Waals surface area contributed by atoms with Crippen molar-refractivity contribution in [1.82, 2.24) is 9.97 Å². The maximum absolute atomic E-state index is 12.6. The van der Waals surface area contributed by atoms with Crippen LogP contribution in [-0.2, 0) is 5.41 Å². The molecule has 0 atom stereocenters. The number of nitrogens with zero attached hydrogens (tertiary/aromatic N) is 1. The Labute approximate surface area is 149 Å². The Kier molecular flexibility index (Phi) is 4.53. The average molecular weight is 340 g/mol. The molecular weight excluding hydrogens is 312 g/mol.